The summed E-state index contributed by atoms with van der Waals surface area (Å²) in [4.78, 5) is 4.21. The van der Waals surface area contributed by atoms with E-state index >= 15 is 0 Å². The first-order chi connectivity index (χ1) is 8.74. The summed E-state index contributed by atoms with van der Waals surface area (Å²) in [5.74, 6) is 0. The molecule has 1 heterocycles. The molecule has 92 valence electrons. The van der Waals surface area contributed by atoms with Gasteiger partial charge in [-0.2, -0.15) is 0 Å². The number of aromatic nitrogens is 1. The summed E-state index contributed by atoms with van der Waals surface area (Å²) in [7, 11) is 0. The lowest BCUT2D eigenvalue weighted by atomic mass is 10.3. The number of benzene rings is 1. The maximum atomic E-state index is 5.21. The van der Waals surface area contributed by atoms with Gasteiger partial charge in [0.15, 0.2) is 5.11 Å². The molecule has 0 saturated heterocycles. The molecular weight excluding hydrogens is 310 g/mol. The zero-order valence-corrected chi connectivity index (χ0v) is 12.0. The fraction of sp³-hybridized carbons (Fsp3) is 0.0769. The number of thiocarbonyl (C=S) groups is 1. The number of pyridine rings is 1. The molecule has 0 aliphatic heterocycles. The van der Waals surface area contributed by atoms with Crippen LogP contribution in [0.25, 0.3) is 0 Å². The Hall–Kier alpha value is -1.46. The number of rotatable bonds is 3. The van der Waals surface area contributed by atoms with E-state index in [9.17, 15) is 0 Å². The van der Waals surface area contributed by atoms with Crippen LogP contribution in [0.4, 0.5) is 5.69 Å². The number of nitrogens with one attached hydrogen (secondary N) is 2. The zero-order valence-electron chi connectivity index (χ0n) is 9.56. The Kier molecular flexibility index (Phi) is 4.66. The molecule has 0 amide bonds. The molecule has 0 radical (unpaired) electrons. The molecule has 18 heavy (non-hydrogen) atoms. The Morgan fingerprint density at radius 1 is 1.22 bits per heavy atom. The van der Waals surface area contributed by atoms with Crippen molar-refractivity contribution in [2.24, 2.45) is 0 Å². The van der Waals surface area contributed by atoms with E-state index in [1.807, 2.05) is 42.5 Å². The van der Waals surface area contributed by atoms with Crippen LogP contribution in [-0.2, 0) is 6.54 Å². The smallest absolute Gasteiger partial charge is 0.171 e. The Balaban J connectivity index is 1.86. The average Bonchev–Trinajstić information content (AvgIpc) is 2.38. The van der Waals surface area contributed by atoms with Crippen LogP contribution in [0, 0.1) is 0 Å². The third-order valence-corrected chi connectivity index (χ3v) is 2.98. The number of halogens is 1. The molecule has 2 rings (SSSR count). The van der Waals surface area contributed by atoms with E-state index in [1.54, 1.807) is 6.20 Å². The lowest BCUT2D eigenvalue weighted by molar-refractivity contribution is 0.882. The van der Waals surface area contributed by atoms with Gasteiger partial charge in [-0.05, 0) is 42.5 Å². The number of anilines is 1. The molecule has 1 aromatic carbocycles. The van der Waals surface area contributed by atoms with Crippen molar-refractivity contribution in [2.75, 3.05) is 5.32 Å². The van der Waals surface area contributed by atoms with Gasteiger partial charge in [0.25, 0.3) is 0 Å². The molecule has 3 nitrogen and oxygen atoms in total. The molecule has 1 aromatic heterocycles. The second-order valence-electron chi connectivity index (χ2n) is 3.64. The summed E-state index contributed by atoms with van der Waals surface area (Å²) in [6.07, 6.45) is 1.77. The van der Waals surface area contributed by atoms with Gasteiger partial charge >= 0.3 is 0 Å². The minimum absolute atomic E-state index is 0.582. The van der Waals surface area contributed by atoms with Gasteiger partial charge in [0.1, 0.15) is 0 Å². The van der Waals surface area contributed by atoms with Crippen molar-refractivity contribution in [1.82, 2.24) is 10.3 Å². The van der Waals surface area contributed by atoms with Gasteiger partial charge < -0.3 is 10.6 Å². The number of nitrogens with zero attached hydrogens (tertiary/aromatic N) is 1. The van der Waals surface area contributed by atoms with Crippen LogP contribution < -0.4 is 10.6 Å². The van der Waals surface area contributed by atoms with Crippen LogP contribution in [-0.4, -0.2) is 10.1 Å². The number of hydrogen-bond donors (Lipinski definition) is 2. The maximum Gasteiger partial charge on any atom is 0.171 e. The molecule has 0 aliphatic rings. The average molecular weight is 322 g/mol. The minimum atomic E-state index is 0.582. The van der Waals surface area contributed by atoms with Gasteiger partial charge in [-0.15, -0.1) is 0 Å². The lowest BCUT2D eigenvalue weighted by Crippen LogP contribution is -2.28. The van der Waals surface area contributed by atoms with E-state index in [4.69, 9.17) is 12.2 Å². The van der Waals surface area contributed by atoms with Crippen molar-refractivity contribution in [3.05, 3.63) is 58.8 Å². The van der Waals surface area contributed by atoms with Gasteiger partial charge in [-0.25, -0.2) is 0 Å². The highest BCUT2D eigenvalue weighted by molar-refractivity contribution is 9.10. The van der Waals surface area contributed by atoms with E-state index < -0.39 is 0 Å². The summed E-state index contributed by atoms with van der Waals surface area (Å²) in [6.45, 7) is 0.612. The van der Waals surface area contributed by atoms with Crippen molar-refractivity contribution in [3.8, 4) is 0 Å². The third kappa shape index (κ3) is 4.09. The largest absolute Gasteiger partial charge is 0.357 e. The topological polar surface area (TPSA) is 37.0 Å². The predicted octanol–water partition coefficient (Wildman–Crippen LogP) is 3.33. The normalized spacial score (nSPS) is 9.83. The van der Waals surface area contributed by atoms with Crippen molar-refractivity contribution >= 4 is 38.9 Å². The summed E-state index contributed by atoms with van der Waals surface area (Å²) in [5, 5.41) is 6.81. The molecule has 0 saturated carbocycles. The number of hydrogen-bond acceptors (Lipinski definition) is 2. The van der Waals surface area contributed by atoms with E-state index in [-0.39, 0.29) is 0 Å². The van der Waals surface area contributed by atoms with Crippen LogP contribution in [0.5, 0.6) is 0 Å². The summed E-state index contributed by atoms with van der Waals surface area (Å²) >= 11 is 8.63. The van der Waals surface area contributed by atoms with Gasteiger partial charge in [0, 0.05) is 16.4 Å². The molecule has 0 unspecified atom stereocenters. The van der Waals surface area contributed by atoms with Crippen LogP contribution >= 0.6 is 28.1 Å². The summed E-state index contributed by atoms with van der Waals surface area (Å²) < 4.78 is 1.01. The van der Waals surface area contributed by atoms with E-state index in [1.165, 1.54) is 0 Å². The quantitative estimate of drug-likeness (QED) is 0.850. The van der Waals surface area contributed by atoms with Crippen molar-refractivity contribution in [2.45, 2.75) is 6.54 Å². The molecule has 0 atom stereocenters. The Morgan fingerprint density at radius 2 is 2.11 bits per heavy atom. The highest BCUT2D eigenvalue weighted by Gasteiger charge is 1.98. The van der Waals surface area contributed by atoms with Crippen molar-refractivity contribution < 1.29 is 0 Å². The molecule has 0 fully saturated rings. The predicted molar refractivity (Wildman–Crippen MR) is 81.4 cm³/mol. The fourth-order valence-electron chi connectivity index (χ4n) is 1.42. The third-order valence-electron chi connectivity index (χ3n) is 2.24. The minimum Gasteiger partial charge on any atom is -0.357 e. The van der Waals surface area contributed by atoms with Crippen molar-refractivity contribution in [1.29, 1.82) is 0 Å². The van der Waals surface area contributed by atoms with E-state index in [0.717, 1.165) is 15.9 Å². The summed E-state index contributed by atoms with van der Waals surface area (Å²) in [5.41, 5.74) is 1.90. The molecular formula is C13H12BrN3S. The molecule has 2 aromatic rings. The monoisotopic (exact) mass is 321 g/mol. The Bertz CT molecular complexity index is 531. The van der Waals surface area contributed by atoms with Crippen LogP contribution in [0.3, 0.4) is 0 Å². The standard InChI is InChI=1S/C13H12BrN3S/c14-10-4-3-6-11(8-10)17-13(18)16-9-12-5-1-2-7-15-12/h1-8H,9H2,(H2,16,17,18). The molecule has 0 spiro atoms. The zero-order chi connectivity index (χ0) is 12.8. The first kappa shape index (κ1) is 13.0. The van der Waals surface area contributed by atoms with Crippen LogP contribution in [0.15, 0.2) is 53.1 Å². The van der Waals surface area contributed by atoms with Crippen LogP contribution in [0.2, 0.25) is 0 Å². The second kappa shape index (κ2) is 6.47. The van der Waals surface area contributed by atoms with Gasteiger partial charge in [-0.3, -0.25) is 4.98 Å². The van der Waals surface area contributed by atoms with E-state index in [2.05, 4.69) is 31.5 Å². The van der Waals surface area contributed by atoms with Gasteiger partial charge in [-0.1, -0.05) is 28.1 Å². The maximum absolute atomic E-state index is 5.21. The first-order valence-electron chi connectivity index (χ1n) is 5.44. The van der Waals surface area contributed by atoms with Gasteiger partial charge in [0.2, 0.25) is 0 Å². The van der Waals surface area contributed by atoms with E-state index in [0.29, 0.717) is 11.7 Å². The SMILES string of the molecule is S=C(NCc1ccccn1)Nc1cccc(Br)c1. The first-order valence-corrected chi connectivity index (χ1v) is 6.64. The molecule has 0 bridgehead atoms. The van der Waals surface area contributed by atoms with Gasteiger partial charge in [0.05, 0.1) is 12.2 Å². The van der Waals surface area contributed by atoms with Crippen LogP contribution in [0.1, 0.15) is 5.69 Å². The highest BCUT2D eigenvalue weighted by atomic mass is 79.9. The summed E-state index contributed by atoms with van der Waals surface area (Å²) in [6, 6.07) is 13.6. The molecule has 5 heteroatoms. The molecule has 2 N–H and O–H groups in total. The fourth-order valence-corrected chi connectivity index (χ4v) is 2.00. The highest BCUT2D eigenvalue weighted by Crippen LogP contribution is 2.15. The molecule has 0 aliphatic carbocycles. The van der Waals surface area contributed by atoms with Crippen molar-refractivity contribution in [3.63, 3.8) is 0 Å². The lowest BCUT2D eigenvalue weighted by Gasteiger charge is -2.10. The Labute approximate surface area is 120 Å². The second-order valence-corrected chi connectivity index (χ2v) is 4.96. The Morgan fingerprint density at radius 3 is 2.83 bits per heavy atom.